The van der Waals surface area contributed by atoms with Crippen LogP contribution in [0.3, 0.4) is 0 Å². The topological polar surface area (TPSA) is 74.6 Å². The molecule has 0 saturated carbocycles. The highest BCUT2D eigenvalue weighted by Gasteiger charge is 1.99. The third-order valence-corrected chi connectivity index (χ3v) is 1.47. The van der Waals surface area contributed by atoms with Crippen molar-refractivity contribution in [1.29, 1.82) is 0 Å². The van der Waals surface area contributed by atoms with Crippen LogP contribution in [0.4, 0.5) is 0 Å². The number of rotatable bonds is 1. The van der Waals surface area contributed by atoms with E-state index in [0.717, 1.165) is 0 Å². The van der Waals surface area contributed by atoms with Gasteiger partial charge in [0, 0.05) is 17.0 Å². The van der Waals surface area contributed by atoms with Crippen molar-refractivity contribution < 1.29 is 19.8 Å². The summed E-state index contributed by atoms with van der Waals surface area (Å²) >= 11 is 0. The molecule has 14 heavy (non-hydrogen) atoms. The fraction of sp³-hybridized carbons (Fsp3) is 0. The Hall–Kier alpha value is -2.28. The molecule has 0 aliphatic carbocycles. The molecule has 0 radical (unpaired) electrons. The number of carbonyl (C=O) groups is 2. The number of aldehydes is 1. The number of benzene rings is 1. The molecule has 0 unspecified atom stereocenters. The second-order valence-electron chi connectivity index (χ2n) is 2.44. The molecule has 0 aromatic heterocycles. The van der Waals surface area contributed by atoms with Crippen LogP contribution in [0.5, 0.6) is 5.75 Å². The molecule has 0 saturated heterocycles. The molecule has 0 heterocycles. The normalized spacial score (nSPS) is 8.57. The van der Waals surface area contributed by atoms with Gasteiger partial charge in [-0.25, -0.2) is 4.79 Å². The van der Waals surface area contributed by atoms with Crippen molar-refractivity contribution in [3.8, 4) is 17.6 Å². The van der Waals surface area contributed by atoms with Gasteiger partial charge < -0.3 is 10.2 Å². The number of carboxylic acids is 1. The van der Waals surface area contributed by atoms with Crippen LogP contribution in [0.25, 0.3) is 0 Å². The number of hydrogen-bond donors (Lipinski definition) is 2. The second-order valence-corrected chi connectivity index (χ2v) is 2.44. The number of hydrogen-bond acceptors (Lipinski definition) is 3. The van der Waals surface area contributed by atoms with Gasteiger partial charge in [-0.3, -0.25) is 4.79 Å². The van der Waals surface area contributed by atoms with Crippen LogP contribution in [0, 0.1) is 11.8 Å². The van der Waals surface area contributed by atoms with Crippen molar-refractivity contribution in [1.82, 2.24) is 0 Å². The summed E-state index contributed by atoms with van der Waals surface area (Å²) in [4.78, 5) is 20.6. The van der Waals surface area contributed by atoms with Gasteiger partial charge in [-0.1, -0.05) is 5.92 Å². The zero-order valence-corrected chi connectivity index (χ0v) is 7.02. The van der Waals surface area contributed by atoms with Crippen LogP contribution in [-0.4, -0.2) is 22.5 Å². The first-order valence-electron chi connectivity index (χ1n) is 3.66. The van der Waals surface area contributed by atoms with Gasteiger partial charge >= 0.3 is 5.97 Å². The van der Waals surface area contributed by atoms with Crippen LogP contribution in [0.15, 0.2) is 18.2 Å². The standard InChI is InChI=1S/C10H6O4/c11-6-8-5-9(12)3-1-7(8)2-4-10(13)14/h1,3,5-6,12H,(H,13,14). The Morgan fingerprint density at radius 3 is 2.71 bits per heavy atom. The molecule has 0 aliphatic heterocycles. The van der Waals surface area contributed by atoms with Crippen molar-refractivity contribution in [2.45, 2.75) is 0 Å². The Labute approximate surface area is 79.8 Å². The number of aliphatic carboxylic acids is 1. The fourth-order valence-electron chi connectivity index (χ4n) is 0.882. The maximum Gasteiger partial charge on any atom is 0.382 e. The highest BCUT2D eigenvalue weighted by molar-refractivity contribution is 5.88. The first kappa shape index (κ1) is 9.81. The minimum absolute atomic E-state index is 0.0621. The first-order valence-corrected chi connectivity index (χ1v) is 3.66. The summed E-state index contributed by atoms with van der Waals surface area (Å²) < 4.78 is 0. The monoisotopic (exact) mass is 190 g/mol. The lowest BCUT2D eigenvalue weighted by molar-refractivity contribution is -0.130. The summed E-state index contributed by atoms with van der Waals surface area (Å²) in [7, 11) is 0. The van der Waals surface area contributed by atoms with Crippen LogP contribution in [-0.2, 0) is 4.79 Å². The molecule has 70 valence electrons. The molecule has 4 heteroatoms. The van der Waals surface area contributed by atoms with E-state index in [9.17, 15) is 9.59 Å². The van der Waals surface area contributed by atoms with Crippen molar-refractivity contribution >= 4 is 12.3 Å². The highest BCUT2D eigenvalue weighted by atomic mass is 16.4. The molecule has 0 fully saturated rings. The summed E-state index contributed by atoms with van der Waals surface area (Å²) in [5.41, 5.74) is 0.443. The minimum Gasteiger partial charge on any atom is -0.508 e. The zero-order valence-electron chi connectivity index (χ0n) is 7.02. The lowest BCUT2D eigenvalue weighted by atomic mass is 10.1. The Morgan fingerprint density at radius 2 is 2.14 bits per heavy atom. The van der Waals surface area contributed by atoms with Crippen molar-refractivity contribution in [2.24, 2.45) is 0 Å². The van der Waals surface area contributed by atoms with E-state index in [1.807, 2.05) is 5.92 Å². The molecule has 0 amide bonds. The molecule has 2 N–H and O–H groups in total. The van der Waals surface area contributed by atoms with Crippen molar-refractivity contribution in [2.75, 3.05) is 0 Å². The third-order valence-electron chi connectivity index (χ3n) is 1.47. The predicted molar refractivity (Wildman–Crippen MR) is 48.0 cm³/mol. The smallest absolute Gasteiger partial charge is 0.382 e. The lowest BCUT2D eigenvalue weighted by Crippen LogP contribution is -1.90. The SMILES string of the molecule is O=Cc1cc(O)ccc1C#CC(=O)O. The molecule has 1 aromatic rings. The number of phenols is 1. The van der Waals surface area contributed by atoms with Crippen LogP contribution in [0.2, 0.25) is 0 Å². The van der Waals surface area contributed by atoms with Gasteiger partial charge in [0.15, 0.2) is 6.29 Å². The van der Waals surface area contributed by atoms with Gasteiger partial charge in [0.2, 0.25) is 0 Å². The predicted octanol–water partition coefficient (Wildman–Crippen LogP) is 0.641. The minimum atomic E-state index is -1.27. The molecule has 0 spiro atoms. The molecule has 0 atom stereocenters. The summed E-state index contributed by atoms with van der Waals surface area (Å²) in [5.74, 6) is 2.85. The van der Waals surface area contributed by atoms with E-state index in [4.69, 9.17) is 10.2 Å². The number of phenolic OH excluding ortho intramolecular Hbond substituents is 1. The number of carbonyl (C=O) groups excluding carboxylic acids is 1. The van der Waals surface area contributed by atoms with E-state index in [1.54, 1.807) is 0 Å². The van der Waals surface area contributed by atoms with E-state index in [-0.39, 0.29) is 16.9 Å². The average Bonchev–Trinajstić information content (AvgIpc) is 2.15. The Kier molecular flexibility index (Phi) is 2.87. The number of carboxylic acid groups (broad SMARTS) is 1. The molecular weight excluding hydrogens is 184 g/mol. The van der Waals surface area contributed by atoms with Gasteiger partial charge in [-0.2, -0.15) is 0 Å². The molecule has 1 aromatic carbocycles. The first-order chi connectivity index (χ1) is 6.63. The van der Waals surface area contributed by atoms with Gasteiger partial charge in [0.05, 0.1) is 0 Å². The maximum absolute atomic E-state index is 10.5. The summed E-state index contributed by atoms with van der Waals surface area (Å²) in [6.07, 6.45) is 0.506. The largest absolute Gasteiger partial charge is 0.508 e. The third kappa shape index (κ3) is 2.35. The Morgan fingerprint density at radius 1 is 1.43 bits per heavy atom. The van der Waals surface area contributed by atoms with Gasteiger partial charge in [-0.15, -0.1) is 0 Å². The fourth-order valence-corrected chi connectivity index (χ4v) is 0.882. The van der Waals surface area contributed by atoms with E-state index < -0.39 is 5.97 Å². The zero-order chi connectivity index (χ0) is 10.6. The van der Waals surface area contributed by atoms with E-state index in [2.05, 4.69) is 5.92 Å². The second kappa shape index (κ2) is 4.10. The molecule has 1 rings (SSSR count). The lowest BCUT2D eigenvalue weighted by Gasteiger charge is -1.96. The van der Waals surface area contributed by atoms with Crippen LogP contribution in [0.1, 0.15) is 15.9 Å². The quantitative estimate of drug-likeness (QED) is 0.503. The maximum atomic E-state index is 10.5. The summed E-state index contributed by atoms with van der Waals surface area (Å²) in [5, 5.41) is 17.3. The van der Waals surface area contributed by atoms with Gasteiger partial charge in [0.25, 0.3) is 0 Å². The average molecular weight is 190 g/mol. The molecule has 0 bridgehead atoms. The number of aromatic hydroxyl groups is 1. The van der Waals surface area contributed by atoms with E-state index in [1.165, 1.54) is 18.2 Å². The molecule has 0 aliphatic rings. The Bertz CT molecular complexity index is 437. The highest BCUT2D eigenvalue weighted by Crippen LogP contribution is 2.13. The molecule has 4 nitrogen and oxygen atoms in total. The summed E-state index contributed by atoms with van der Waals surface area (Å²) in [6, 6.07) is 3.94. The van der Waals surface area contributed by atoms with E-state index in [0.29, 0.717) is 6.29 Å². The van der Waals surface area contributed by atoms with Crippen LogP contribution >= 0.6 is 0 Å². The van der Waals surface area contributed by atoms with Crippen molar-refractivity contribution in [3.63, 3.8) is 0 Å². The van der Waals surface area contributed by atoms with E-state index >= 15 is 0 Å². The van der Waals surface area contributed by atoms with Crippen LogP contribution < -0.4 is 0 Å². The van der Waals surface area contributed by atoms with Gasteiger partial charge in [-0.05, 0) is 18.2 Å². The van der Waals surface area contributed by atoms with Gasteiger partial charge in [0.1, 0.15) is 5.75 Å². The molecular formula is C10H6O4. The summed E-state index contributed by atoms with van der Waals surface area (Å²) in [6.45, 7) is 0. The Balaban J connectivity index is 3.17. The van der Waals surface area contributed by atoms with Crippen molar-refractivity contribution in [3.05, 3.63) is 29.3 Å².